The second-order valence-electron chi connectivity index (χ2n) is 11.5. The molecule has 1 N–H and O–H groups in total. The second kappa shape index (κ2) is 21.6. The van der Waals surface area contributed by atoms with Crippen molar-refractivity contribution in [3.63, 3.8) is 0 Å². The van der Waals surface area contributed by atoms with Gasteiger partial charge < -0.3 is 14.6 Å². The van der Waals surface area contributed by atoms with E-state index < -0.39 is 18.1 Å². The van der Waals surface area contributed by atoms with Crippen LogP contribution >= 0.6 is 0 Å². The van der Waals surface area contributed by atoms with Crippen LogP contribution in [0.1, 0.15) is 122 Å². The fourth-order valence-corrected chi connectivity index (χ4v) is 5.27. The van der Waals surface area contributed by atoms with Crippen LogP contribution in [0, 0.1) is 5.92 Å². The lowest BCUT2D eigenvalue weighted by Crippen LogP contribution is -2.37. The molecule has 4 nitrogen and oxygen atoms in total. The van der Waals surface area contributed by atoms with Crippen molar-refractivity contribution in [3.05, 3.63) is 71.8 Å². The monoisotopic (exact) mass is 552 g/mol. The molecular weight excluding hydrogens is 496 g/mol. The highest BCUT2D eigenvalue weighted by molar-refractivity contribution is 5.73. The van der Waals surface area contributed by atoms with E-state index in [1.54, 1.807) is 0 Å². The van der Waals surface area contributed by atoms with Gasteiger partial charge in [0.2, 0.25) is 0 Å². The number of carbonyl (C=O) groups is 1. The number of aliphatic hydroxyl groups is 1. The molecule has 0 heterocycles. The lowest BCUT2D eigenvalue weighted by molar-refractivity contribution is -0.161. The minimum absolute atomic E-state index is 0.132. The van der Waals surface area contributed by atoms with E-state index in [4.69, 9.17) is 9.47 Å². The maximum atomic E-state index is 13.6. The number of benzene rings is 2. The molecule has 0 spiro atoms. The molecule has 0 bridgehead atoms. The highest BCUT2D eigenvalue weighted by Gasteiger charge is 2.33. The van der Waals surface area contributed by atoms with Gasteiger partial charge in [-0.3, -0.25) is 4.79 Å². The van der Waals surface area contributed by atoms with Crippen LogP contribution < -0.4 is 0 Å². The summed E-state index contributed by atoms with van der Waals surface area (Å²) < 4.78 is 12.4. The van der Waals surface area contributed by atoms with Gasteiger partial charge in [0.15, 0.2) is 0 Å². The summed E-state index contributed by atoms with van der Waals surface area (Å²) in [6, 6.07) is 20.1. The summed E-state index contributed by atoms with van der Waals surface area (Å²) in [5, 5.41) is 11.1. The number of ether oxygens (including phenoxy) is 2. The number of hydrogen-bond donors (Lipinski definition) is 1. The molecule has 0 amide bonds. The predicted octanol–water partition coefficient (Wildman–Crippen LogP) is 9.22. The van der Waals surface area contributed by atoms with Crippen LogP contribution in [0.4, 0.5) is 0 Å². The van der Waals surface area contributed by atoms with Crippen molar-refractivity contribution in [2.24, 2.45) is 5.92 Å². The van der Waals surface area contributed by atoms with Crippen LogP contribution in [0.3, 0.4) is 0 Å². The minimum Gasteiger partial charge on any atom is -0.462 e. The highest BCUT2D eigenvalue weighted by atomic mass is 16.5. The summed E-state index contributed by atoms with van der Waals surface area (Å²) in [6.07, 6.45) is 14.9. The van der Waals surface area contributed by atoms with Gasteiger partial charge in [-0.2, -0.15) is 0 Å². The van der Waals surface area contributed by atoms with Crippen molar-refractivity contribution in [3.8, 4) is 0 Å². The Morgan fingerprint density at radius 3 is 1.88 bits per heavy atom. The fraction of sp³-hybridized carbons (Fsp3) is 0.639. The zero-order valence-corrected chi connectivity index (χ0v) is 25.6. The molecular formula is C36H56O4. The normalized spacial score (nSPS) is 14.4. The van der Waals surface area contributed by atoms with Gasteiger partial charge in [0.1, 0.15) is 0 Å². The molecule has 0 aliphatic carbocycles. The summed E-state index contributed by atoms with van der Waals surface area (Å²) in [6.45, 7) is 6.78. The Bertz CT molecular complexity index is 869. The molecule has 4 heteroatoms. The van der Waals surface area contributed by atoms with E-state index in [9.17, 15) is 9.90 Å². The molecule has 0 saturated heterocycles. The lowest BCUT2D eigenvalue weighted by Gasteiger charge is -2.29. The van der Waals surface area contributed by atoms with Crippen LogP contribution in [-0.4, -0.2) is 29.4 Å². The van der Waals surface area contributed by atoms with Gasteiger partial charge in [-0.1, -0.05) is 145 Å². The van der Waals surface area contributed by atoms with Crippen molar-refractivity contribution >= 4 is 5.97 Å². The van der Waals surface area contributed by atoms with Crippen molar-refractivity contribution in [1.29, 1.82) is 0 Å². The molecule has 224 valence electrons. The van der Waals surface area contributed by atoms with E-state index in [1.165, 1.54) is 44.9 Å². The Labute approximate surface area is 244 Å². The molecule has 0 saturated carbocycles. The van der Waals surface area contributed by atoms with Crippen LogP contribution in [0.15, 0.2) is 60.7 Å². The Kier molecular flexibility index (Phi) is 18.3. The van der Waals surface area contributed by atoms with Crippen LogP contribution in [0.2, 0.25) is 0 Å². The Hall–Kier alpha value is -2.17. The molecule has 0 aromatic heterocycles. The molecule has 0 fully saturated rings. The molecule has 2 aromatic carbocycles. The topological polar surface area (TPSA) is 55.8 Å². The van der Waals surface area contributed by atoms with Gasteiger partial charge in [0.25, 0.3) is 0 Å². The first-order chi connectivity index (χ1) is 19.5. The third kappa shape index (κ3) is 15.0. The largest absolute Gasteiger partial charge is 0.462 e. The summed E-state index contributed by atoms with van der Waals surface area (Å²) >= 11 is 0. The number of rotatable bonds is 23. The third-order valence-corrected chi connectivity index (χ3v) is 7.78. The smallest absolute Gasteiger partial charge is 0.312 e. The van der Waals surface area contributed by atoms with E-state index >= 15 is 0 Å². The third-order valence-electron chi connectivity index (χ3n) is 7.78. The van der Waals surface area contributed by atoms with Gasteiger partial charge in [-0.25, -0.2) is 0 Å². The number of carbonyl (C=O) groups excluding carboxylic acids is 1. The van der Waals surface area contributed by atoms with E-state index in [2.05, 4.69) is 13.8 Å². The van der Waals surface area contributed by atoms with Crippen LogP contribution in [-0.2, 0) is 27.3 Å². The summed E-state index contributed by atoms with van der Waals surface area (Å²) in [7, 11) is 0. The van der Waals surface area contributed by atoms with Gasteiger partial charge >= 0.3 is 5.97 Å². The average molecular weight is 553 g/mol. The van der Waals surface area contributed by atoms with Crippen molar-refractivity contribution in [2.45, 2.75) is 142 Å². The van der Waals surface area contributed by atoms with Crippen molar-refractivity contribution in [1.82, 2.24) is 0 Å². The Morgan fingerprint density at radius 2 is 1.27 bits per heavy atom. The van der Waals surface area contributed by atoms with E-state index in [0.29, 0.717) is 19.4 Å². The highest BCUT2D eigenvalue weighted by Crippen LogP contribution is 2.25. The molecule has 4 atom stereocenters. The van der Waals surface area contributed by atoms with Gasteiger partial charge in [0, 0.05) is 6.42 Å². The SMILES string of the molecule is CCCCCCCCCCC[C@H](O)C[C@H](OCc1ccccc1)C(Cc1ccccc1)C(=O)O[C@@H](C)CCCC. The molecule has 1 unspecified atom stereocenters. The average Bonchev–Trinajstić information content (AvgIpc) is 2.97. The van der Waals surface area contributed by atoms with Crippen molar-refractivity contribution in [2.75, 3.05) is 0 Å². The maximum Gasteiger partial charge on any atom is 0.312 e. The number of aliphatic hydroxyl groups excluding tert-OH is 1. The van der Waals surface area contributed by atoms with Gasteiger partial charge in [0.05, 0.1) is 30.8 Å². The Morgan fingerprint density at radius 1 is 0.725 bits per heavy atom. The number of hydrogen-bond acceptors (Lipinski definition) is 4. The maximum absolute atomic E-state index is 13.6. The molecule has 0 aliphatic rings. The molecule has 2 aromatic rings. The van der Waals surface area contributed by atoms with E-state index in [-0.39, 0.29) is 12.1 Å². The zero-order valence-electron chi connectivity index (χ0n) is 25.6. The summed E-state index contributed by atoms with van der Waals surface area (Å²) in [5.74, 6) is -0.700. The quantitative estimate of drug-likeness (QED) is 0.110. The summed E-state index contributed by atoms with van der Waals surface area (Å²) in [4.78, 5) is 13.6. The first kappa shape index (κ1) is 34.0. The van der Waals surface area contributed by atoms with E-state index in [1.807, 2.05) is 67.6 Å². The molecule has 2 rings (SSSR count). The number of esters is 1. The number of unbranched alkanes of at least 4 members (excludes halogenated alkanes) is 9. The predicted molar refractivity (Wildman–Crippen MR) is 166 cm³/mol. The standard InChI is InChI=1S/C36H56O4/c1-4-6-8-9-10-11-12-13-20-26-33(37)28-35(39-29-32-24-18-15-19-25-32)34(27-31-22-16-14-17-23-31)36(38)40-30(3)21-7-5-2/h14-19,22-25,30,33-35,37H,4-13,20-21,26-29H2,1-3H3/t30-,33-,34?,35-/m0/s1. The molecule has 0 aliphatic heterocycles. The van der Waals surface area contributed by atoms with Crippen LogP contribution in [0.5, 0.6) is 0 Å². The van der Waals surface area contributed by atoms with Crippen molar-refractivity contribution < 1.29 is 19.4 Å². The first-order valence-electron chi connectivity index (χ1n) is 16.1. The van der Waals surface area contributed by atoms with Gasteiger partial charge in [-0.15, -0.1) is 0 Å². The van der Waals surface area contributed by atoms with Gasteiger partial charge in [-0.05, 0) is 37.3 Å². The minimum atomic E-state index is -0.506. The van der Waals surface area contributed by atoms with Crippen LogP contribution in [0.25, 0.3) is 0 Å². The lowest BCUT2D eigenvalue weighted by atomic mass is 9.89. The molecule has 40 heavy (non-hydrogen) atoms. The first-order valence-corrected chi connectivity index (χ1v) is 16.1. The summed E-state index contributed by atoms with van der Waals surface area (Å²) in [5.41, 5.74) is 2.14. The fourth-order valence-electron chi connectivity index (χ4n) is 5.27. The molecule has 0 radical (unpaired) electrons. The Balaban J connectivity index is 2.04. The van der Waals surface area contributed by atoms with E-state index in [0.717, 1.165) is 49.7 Å². The second-order valence-corrected chi connectivity index (χ2v) is 11.5. The zero-order chi connectivity index (χ0) is 28.8.